The molecule has 80 valence electrons. The molecule has 0 spiro atoms. The van der Waals surface area contributed by atoms with Crippen molar-refractivity contribution in [1.29, 1.82) is 0 Å². The van der Waals surface area contributed by atoms with Gasteiger partial charge in [-0.2, -0.15) is 0 Å². The van der Waals surface area contributed by atoms with Crippen molar-refractivity contribution >= 4 is 0 Å². The zero-order chi connectivity index (χ0) is 10.2. The predicted octanol–water partition coefficient (Wildman–Crippen LogP) is 2.06. The van der Waals surface area contributed by atoms with E-state index >= 15 is 0 Å². The molecule has 2 atom stereocenters. The largest absolute Gasteiger partial charge is 0.383 e. The van der Waals surface area contributed by atoms with Crippen molar-refractivity contribution in [1.82, 2.24) is 4.90 Å². The third kappa shape index (κ3) is 1.61. The van der Waals surface area contributed by atoms with E-state index in [9.17, 15) is 0 Å². The molecule has 0 N–H and O–H groups in total. The van der Waals surface area contributed by atoms with Gasteiger partial charge in [-0.1, -0.05) is 13.0 Å². The summed E-state index contributed by atoms with van der Waals surface area (Å²) >= 11 is 0. The lowest BCUT2D eigenvalue weighted by molar-refractivity contribution is 0.123. The van der Waals surface area contributed by atoms with E-state index in [-0.39, 0.29) is 0 Å². The van der Waals surface area contributed by atoms with Gasteiger partial charge in [0.2, 0.25) is 0 Å². The fourth-order valence-corrected chi connectivity index (χ4v) is 2.64. The Morgan fingerprint density at radius 2 is 2.43 bits per heavy atom. The second-order valence-electron chi connectivity index (χ2n) is 4.86. The highest BCUT2D eigenvalue weighted by molar-refractivity contribution is 5.47. The quantitative estimate of drug-likeness (QED) is 0.637. The molecule has 0 aromatic rings. The Morgan fingerprint density at radius 3 is 3.07 bits per heavy atom. The first-order valence-corrected chi connectivity index (χ1v) is 5.61. The predicted molar refractivity (Wildman–Crippen MR) is 58.3 cm³/mol. The number of likely N-dealkylation sites (N-methyl/N-ethyl adjacent to an activating group) is 1. The summed E-state index contributed by atoms with van der Waals surface area (Å²) in [6.07, 6.45) is 6.48. The van der Waals surface area contributed by atoms with Gasteiger partial charge in [-0.3, -0.25) is 4.90 Å². The molecule has 0 aromatic heterocycles. The number of ether oxygens (including phenoxy) is 1. The van der Waals surface area contributed by atoms with Crippen LogP contribution in [0.2, 0.25) is 0 Å². The normalized spacial score (nSPS) is 35.4. The highest BCUT2D eigenvalue weighted by Crippen LogP contribution is 2.51. The van der Waals surface area contributed by atoms with Crippen LogP contribution in [0.25, 0.3) is 0 Å². The van der Waals surface area contributed by atoms with E-state index in [1.54, 1.807) is 12.7 Å². The zero-order valence-corrected chi connectivity index (χ0v) is 9.55. The maximum Gasteiger partial charge on any atom is 0.0607 e. The van der Waals surface area contributed by atoms with E-state index in [0.717, 1.165) is 19.1 Å². The fraction of sp³-hybridized carbons (Fsp3) is 0.833. The van der Waals surface area contributed by atoms with Crippen LogP contribution in [0.5, 0.6) is 0 Å². The molecule has 0 radical (unpaired) electrons. The van der Waals surface area contributed by atoms with Crippen molar-refractivity contribution in [2.45, 2.75) is 31.7 Å². The first-order valence-electron chi connectivity index (χ1n) is 5.61. The minimum atomic E-state index is 0.380. The maximum absolute atomic E-state index is 5.12. The van der Waals surface area contributed by atoms with E-state index in [4.69, 9.17) is 4.74 Å². The number of hydrogen-bond acceptors (Lipinski definition) is 2. The smallest absolute Gasteiger partial charge is 0.0607 e. The van der Waals surface area contributed by atoms with Crippen molar-refractivity contribution < 1.29 is 4.74 Å². The Kier molecular flexibility index (Phi) is 2.67. The topological polar surface area (TPSA) is 12.5 Å². The van der Waals surface area contributed by atoms with Gasteiger partial charge in [-0.15, -0.1) is 0 Å². The number of nitrogens with zero attached hydrogens (tertiary/aromatic N) is 1. The molecule has 2 aliphatic rings. The van der Waals surface area contributed by atoms with Gasteiger partial charge in [0.05, 0.1) is 12.1 Å². The molecule has 2 aliphatic carbocycles. The first-order chi connectivity index (χ1) is 6.69. The molecule has 0 bridgehead atoms. The molecule has 1 fully saturated rings. The lowest BCUT2D eigenvalue weighted by Crippen LogP contribution is -2.41. The van der Waals surface area contributed by atoms with Crippen LogP contribution in [0.15, 0.2) is 11.6 Å². The molecule has 0 heterocycles. The standard InChI is InChI=1S/C12H21NO/c1-10-4-5-12(9-11(12)8-10)13(2)6-7-14-3/h9-10H,4-8H2,1-3H3/t10-,12-/m0/s1. The first kappa shape index (κ1) is 10.2. The van der Waals surface area contributed by atoms with Crippen LogP contribution < -0.4 is 0 Å². The Morgan fingerprint density at radius 1 is 1.64 bits per heavy atom. The van der Waals surface area contributed by atoms with Gasteiger partial charge in [0, 0.05) is 13.7 Å². The average Bonchev–Trinajstić information content (AvgIpc) is 2.88. The second kappa shape index (κ2) is 3.67. The summed E-state index contributed by atoms with van der Waals surface area (Å²) in [4.78, 5) is 2.46. The van der Waals surface area contributed by atoms with Crippen molar-refractivity contribution in [3.05, 3.63) is 11.6 Å². The summed E-state index contributed by atoms with van der Waals surface area (Å²) in [6, 6.07) is 0. The fourth-order valence-electron chi connectivity index (χ4n) is 2.64. The van der Waals surface area contributed by atoms with Crippen molar-refractivity contribution in [2.24, 2.45) is 5.92 Å². The molecule has 0 amide bonds. The molecular weight excluding hydrogens is 174 g/mol. The third-order valence-electron chi connectivity index (χ3n) is 3.78. The molecular formula is C12H21NO. The number of rotatable bonds is 4. The molecule has 14 heavy (non-hydrogen) atoms. The lowest BCUT2D eigenvalue weighted by Gasteiger charge is -2.34. The maximum atomic E-state index is 5.12. The van der Waals surface area contributed by atoms with Crippen LogP contribution in [0.4, 0.5) is 0 Å². The SMILES string of the molecule is COCCN(C)[C@@]12C=C1C[C@@H](C)CC2. The van der Waals surface area contributed by atoms with Gasteiger partial charge >= 0.3 is 0 Å². The van der Waals surface area contributed by atoms with Crippen molar-refractivity contribution in [3.63, 3.8) is 0 Å². The van der Waals surface area contributed by atoms with Crippen LogP contribution in [0, 0.1) is 5.92 Å². The summed E-state index contributed by atoms with van der Waals surface area (Å²) in [5.41, 5.74) is 2.06. The van der Waals surface area contributed by atoms with Crippen LogP contribution >= 0.6 is 0 Å². The van der Waals surface area contributed by atoms with E-state index < -0.39 is 0 Å². The Balaban J connectivity index is 1.88. The Labute approximate surface area is 86.9 Å². The van der Waals surface area contributed by atoms with Gasteiger partial charge in [0.1, 0.15) is 0 Å². The zero-order valence-electron chi connectivity index (χ0n) is 9.55. The molecule has 0 aliphatic heterocycles. The summed E-state index contributed by atoms with van der Waals surface area (Å²) in [6.45, 7) is 4.25. The summed E-state index contributed by atoms with van der Waals surface area (Å²) in [5, 5.41) is 0. The Bertz CT molecular complexity index is 249. The summed E-state index contributed by atoms with van der Waals surface area (Å²) in [7, 11) is 3.99. The van der Waals surface area contributed by atoms with Crippen molar-refractivity contribution in [2.75, 3.05) is 27.3 Å². The molecule has 1 saturated carbocycles. The molecule has 2 heteroatoms. The van der Waals surface area contributed by atoms with E-state index in [0.29, 0.717) is 5.54 Å². The minimum Gasteiger partial charge on any atom is -0.383 e. The van der Waals surface area contributed by atoms with Gasteiger partial charge in [-0.05, 0) is 37.8 Å². The highest BCUT2D eigenvalue weighted by Gasteiger charge is 2.49. The van der Waals surface area contributed by atoms with Gasteiger partial charge in [0.15, 0.2) is 0 Å². The van der Waals surface area contributed by atoms with E-state index in [1.165, 1.54) is 19.3 Å². The molecule has 0 saturated heterocycles. The minimum absolute atomic E-state index is 0.380. The number of methoxy groups -OCH3 is 1. The van der Waals surface area contributed by atoms with Gasteiger partial charge < -0.3 is 4.74 Å². The monoisotopic (exact) mass is 195 g/mol. The van der Waals surface area contributed by atoms with Crippen LogP contribution in [0.1, 0.15) is 26.2 Å². The number of hydrogen-bond donors (Lipinski definition) is 0. The summed E-state index contributed by atoms with van der Waals surface area (Å²) in [5.74, 6) is 0.896. The summed E-state index contributed by atoms with van der Waals surface area (Å²) < 4.78 is 5.12. The average molecular weight is 195 g/mol. The highest BCUT2D eigenvalue weighted by atomic mass is 16.5. The van der Waals surface area contributed by atoms with Crippen LogP contribution in [-0.4, -0.2) is 37.7 Å². The number of fused-ring (bicyclic) bond motifs is 1. The molecule has 2 nitrogen and oxygen atoms in total. The van der Waals surface area contributed by atoms with Crippen LogP contribution in [-0.2, 0) is 4.74 Å². The molecule has 0 unspecified atom stereocenters. The van der Waals surface area contributed by atoms with Crippen molar-refractivity contribution in [3.8, 4) is 0 Å². The van der Waals surface area contributed by atoms with Gasteiger partial charge in [0.25, 0.3) is 0 Å². The Hall–Kier alpha value is -0.340. The molecule has 2 rings (SSSR count). The second-order valence-corrected chi connectivity index (χ2v) is 4.86. The molecule has 0 aromatic carbocycles. The lowest BCUT2D eigenvalue weighted by atomic mass is 9.85. The van der Waals surface area contributed by atoms with E-state index in [2.05, 4.69) is 24.9 Å². The van der Waals surface area contributed by atoms with Crippen LogP contribution in [0.3, 0.4) is 0 Å². The van der Waals surface area contributed by atoms with E-state index in [1.807, 2.05) is 0 Å². The third-order valence-corrected chi connectivity index (χ3v) is 3.78. The van der Waals surface area contributed by atoms with Gasteiger partial charge in [-0.25, -0.2) is 0 Å².